The second kappa shape index (κ2) is 4.26. The van der Waals surface area contributed by atoms with E-state index in [1.54, 1.807) is 13.8 Å². The normalized spacial score (nSPS) is 42.0. The van der Waals surface area contributed by atoms with Crippen LogP contribution in [0.1, 0.15) is 19.4 Å². The van der Waals surface area contributed by atoms with E-state index < -0.39 is 29.0 Å². The first-order valence-corrected chi connectivity index (χ1v) is 6.75. The van der Waals surface area contributed by atoms with Gasteiger partial charge in [-0.15, -0.1) is 0 Å². The zero-order valence-corrected chi connectivity index (χ0v) is 11.6. The van der Waals surface area contributed by atoms with Crippen molar-refractivity contribution in [3.05, 3.63) is 35.9 Å². The number of aliphatic hydroxyl groups is 3. The van der Waals surface area contributed by atoms with Crippen molar-refractivity contribution in [3.63, 3.8) is 0 Å². The molecule has 1 aromatic rings. The zero-order valence-electron chi connectivity index (χ0n) is 11.6. The van der Waals surface area contributed by atoms with Crippen LogP contribution in [0.25, 0.3) is 0 Å². The molecule has 0 radical (unpaired) electrons. The van der Waals surface area contributed by atoms with E-state index in [9.17, 15) is 15.3 Å². The molecule has 1 aliphatic heterocycles. The number of rotatable bonds is 3. The lowest BCUT2D eigenvalue weighted by atomic mass is 10.0. The van der Waals surface area contributed by atoms with E-state index in [0.29, 0.717) is 0 Å². The summed E-state index contributed by atoms with van der Waals surface area (Å²) in [4.78, 5) is 0. The van der Waals surface area contributed by atoms with Crippen LogP contribution in [0.15, 0.2) is 30.3 Å². The quantitative estimate of drug-likeness (QED) is 0.748. The molecule has 0 aromatic heterocycles. The third-order valence-electron chi connectivity index (χ3n) is 4.90. The molecule has 110 valence electrons. The molecule has 20 heavy (non-hydrogen) atoms. The third-order valence-corrected chi connectivity index (χ3v) is 4.90. The summed E-state index contributed by atoms with van der Waals surface area (Å²) in [6, 6.07) is 9.53. The van der Waals surface area contributed by atoms with Crippen LogP contribution in [0, 0.1) is 5.41 Å². The molecular weight excluding hydrogens is 260 g/mol. The van der Waals surface area contributed by atoms with E-state index in [1.807, 2.05) is 30.3 Å². The van der Waals surface area contributed by atoms with Crippen molar-refractivity contribution in [3.8, 4) is 0 Å². The van der Waals surface area contributed by atoms with Gasteiger partial charge in [0, 0.05) is 5.41 Å². The molecule has 1 aromatic carbocycles. The molecule has 1 heterocycles. The Morgan fingerprint density at radius 2 is 1.85 bits per heavy atom. The predicted molar refractivity (Wildman–Crippen MR) is 70.7 cm³/mol. The number of hydrogen-bond acceptors (Lipinski definition) is 5. The number of ether oxygens (including phenoxy) is 2. The Bertz CT molecular complexity index is 502. The Hall–Kier alpha value is -0.980. The highest BCUT2D eigenvalue weighted by molar-refractivity contribution is 5.37. The van der Waals surface area contributed by atoms with Gasteiger partial charge in [-0.1, -0.05) is 44.2 Å². The predicted octanol–water partition coefficient (Wildman–Crippen LogP) is 0.422. The summed E-state index contributed by atoms with van der Waals surface area (Å²) in [5.74, 6) is 0. The largest absolute Gasteiger partial charge is 0.388 e. The molecule has 4 atom stereocenters. The molecule has 3 N–H and O–H groups in total. The Kier molecular flexibility index (Phi) is 2.97. The molecule has 0 amide bonds. The van der Waals surface area contributed by atoms with Crippen molar-refractivity contribution in [2.24, 2.45) is 5.41 Å². The average molecular weight is 280 g/mol. The van der Waals surface area contributed by atoms with Crippen LogP contribution in [0.5, 0.6) is 0 Å². The summed E-state index contributed by atoms with van der Waals surface area (Å²) in [5, 5.41) is 31.1. The summed E-state index contributed by atoms with van der Waals surface area (Å²) < 4.78 is 11.0. The summed E-state index contributed by atoms with van der Waals surface area (Å²) in [6.45, 7) is 3.62. The smallest absolute Gasteiger partial charge is 0.190 e. The molecule has 0 unspecified atom stereocenters. The molecule has 3 rings (SSSR count). The Morgan fingerprint density at radius 1 is 1.20 bits per heavy atom. The molecule has 2 aliphatic rings. The first-order chi connectivity index (χ1) is 9.35. The van der Waals surface area contributed by atoms with Crippen LogP contribution in [-0.2, 0) is 16.1 Å². The van der Waals surface area contributed by atoms with E-state index in [-0.39, 0.29) is 13.2 Å². The lowest BCUT2D eigenvalue weighted by Crippen LogP contribution is -2.53. The maximum absolute atomic E-state index is 10.7. The Labute approximate surface area is 117 Å². The van der Waals surface area contributed by atoms with Crippen molar-refractivity contribution in [2.45, 2.75) is 44.1 Å². The number of benzene rings is 1. The van der Waals surface area contributed by atoms with Crippen LogP contribution < -0.4 is 0 Å². The summed E-state index contributed by atoms with van der Waals surface area (Å²) in [6.07, 6.45) is -2.06. The SMILES string of the molecule is CC1(C)[C@]2(O)[C@@H](O)CO[C@@H](OCc3ccccc3)[C@]12O. The monoisotopic (exact) mass is 280 g/mol. The van der Waals surface area contributed by atoms with Gasteiger partial charge in [-0.25, -0.2) is 0 Å². The third kappa shape index (κ3) is 1.50. The van der Waals surface area contributed by atoms with Crippen LogP contribution >= 0.6 is 0 Å². The minimum atomic E-state index is -1.59. The van der Waals surface area contributed by atoms with Gasteiger partial charge >= 0.3 is 0 Å². The van der Waals surface area contributed by atoms with E-state index in [4.69, 9.17) is 9.47 Å². The number of aliphatic hydroxyl groups excluding tert-OH is 1. The van der Waals surface area contributed by atoms with Crippen molar-refractivity contribution in [1.29, 1.82) is 0 Å². The van der Waals surface area contributed by atoms with Crippen molar-refractivity contribution in [2.75, 3.05) is 6.61 Å². The lowest BCUT2D eigenvalue weighted by molar-refractivity contribution is -0.275. The molecule has 1 aliphatic carbocycles. The van der Waals surface area contributed by atoms with E-state index in [1.165, 1.54) is 0 Å². The fourth-order valence-corrected chi connectivity index (χ4v) is 3.38. The standard InChI is InChI=1S/C15H20O5/c1-13(2)14(17)11(16)9-20-12(15(13,14)18)19-8-10-6-4-3-5-7-10/h3-7,11-12,16-18H,8-9H2,1-2H3/t11-,12+,14+,15-/m0/s1. The Morgan fingerprint density at radius 3 is 2.50 bits per heavy atom. The molecule has 5 heteroatoms. The molecule has 5 nitrogen and oxygen atoms in total. The van der Waals surface area contributed by atoms with Crippen LogP contribution in [0.3, 0.4) is 0 Å². The molecule has 1 saturated heterocycles. The van der Waals surface area contributed by atoms with Gasteiger partial charge in [0.05, 0.1) is 13.2 Å². The highest BCUT2D eigenvalue weighted by Gasteiger charge is 2.90. The van der Waals surface area contributed by atoms with Crippen LogP contribution in [0.4, 0.5) is 0 Å². The van der Waals surface area contributed by atoms with Gasteiger partial charge in [0.2, 0.25) is 0 Å². The van der Waals surface area contributed by atoms with Crippen LogP contribution in [-0.4, -0.2) is 45.5 Å². The first kappa shape index (κ1) is 14.0. The maximum Gasteiger partial charge on any atom is 0.190 e. The highest BCUT2D eigenvalue weighted by Crippen LogP contribution is 2.70. The van der Waals surface area contributed by atoms with Gasteiger partial charge in [-0.3, -0.25) is 0 Å². The molecule has 0 spiro atoms. The van der Waals surface area contributed by atoms with Gasteiger partial charge in [0.1, 0.15) is 11.7 Å². The van der Waals surface area contributed by atoms with Gasteiger partial charge < -0.3 is 24.8 Å². The number of fused-ring (bicyclic) bond motifs is 1. The highest BCUT2D eigenvalue weighted by atomic mass is 16.7. The van der Waals surface area contributed by atoms with Crippen molar-refractivity contribution < 1.29 is 24.8 Å². The van der Waals surface area contributed by atoms with Gasteiger partial charge in [-0.05, 0) is 5.56 Å². The minimum absolute atomic E-state index is 0.0539. The fourth-order valence-electron chi connectivity index (χ4n) is 3.38. The molecular formula is C15H20O5. The Balaban J connectivity index is 1.76. The second-order valence-electron chi connectivity index (χ2n) is 6.14. The maximum atomic E-state index is 10.7. The van der Waals surface area contributed by atoms with E-state index in [0.717, 1.165) is 5.56 Å². The van der Waals surface area contributed by atoms with Crippen molar-refractivity contribution >= 4 is 0 Å². The molecule has 1 saturated carbocycles. The number of hydrogen-bond donors (Lipinski definition) is 3. The first-order valence-electron chi connectivity index (χ1n) is 6.75. The topological polar surface area (TPSA) is 79.2 Å². The van der Waals surface area contributed by atoms with Gasteiger partial charge in [0.25, 0.3) is 0 Å². The van der Waals surface area contributed by atoms with Crippen molar-refractivity contribution in [1.82, 2.24) is 0 Å². The summed E-state index contributed by atoms with van der Waals surface area (Å²) in [5.41, 5.74) is -3.10. The zero-order chi connectivity index (χ0) is 14.6. The van der Waals surface area contributed by atoms with Crippen LogP contribution in [0.2, 0.25) is 0 Å². The summed E-state index contributed by atoms with van der Waals surface area (Å²) >= 11 is 0. The second-order valence-corrected chi connectivity index (χ2v) is 6.14. The lowest BCUT2D eigenvalue weighted by Gasteiger charge is -2.34. The van der Waals surface area contributed by atoms with E-state index >= 15 is 0 Å². The average Bonchev–Trinajstić information content (AvgIpc) is 2.81. The summed E-state index contributed by atoms with van der Waals surface area (Å²) in [7, 11) is 0. The van der Waals surface area contributed by atoms with Gasteiger partial charge in [-0.2, -0.15) is 0 Å². The minimum Gasteiger partial charge on any atom is -0.388 e. The van der Waals surface area contributed by atoms with Gasteiger partial charge in [0.15, 0.2) is 11.9 Å². The fraction of sp³-hybridized carbons (Fsp3) is 0.600. The van der Waals surface area contributed by atoms with E-state index in [2.05, 4.69) is 0 Å². The molecule has 0 bridgehead atoms. The molecule has 2 fully saturated rings.